The van der Waals surface area contributed by atoms with Crippen LogP contribution < -0.4 is 0 Å². The number of carbonyl (C=O) groups is 1. The zero-order valence-corrected chi connectivity index (χ0v) is 11.4. The Morgan fingerprint density at radius 3 is 2.72 bits per heavy atom. The van der Waals surface area contributed by atoms with Gasteiger partial charge in [-0.1, -0.05) is 0 Å². The predicted molar refractivity (Wildman–Crippen MR) is 67.2 cm³/mol. The van der Waals surface area contributed by atoms with Crippen molar-refractivity contribution in [3.63, 3.8) is 0 Å². The lowest BCUT2D eigenvalue weighted by Crippen LogP contribution is -2.41. The van der Waals surface area contributed by atoms with Gasteiger partial charge in [-0.3, -0.25) is 4.79 Å². The molecule has 1 saturated heterocycles. The molecule has 1 aromatic heterocycles. The second-order valence-corrected chi connectivity index (χ2v) is 6.77. The summed E-state index contributed by atoms with van der Waals surface area (Å²) in [5.41, 5.74) is 0.515. The summed E-state index contributed by atoms with van der Waals surface area (Å²) in [6.07, 6.45) is 2.00. The summed E-state index contributed by atoms with van der Waals surface area (Å²) >= 11 is 0. The van der Waals surface area contributed by atoms with Crippen LogP contribution >= 0.6 is 0 Å². The Kier molecular flexibility index (Phi) is 3.47. The van der Waals surface area contributed by atoms with Crippen LogP contribution in [0.4, 0.5) is 0 Å². The van der Waals surface area contributed by atoms with Crippen molar-refractivity contribution in [2.75, 3.05) is 18.1 Å². The zero-order valence-electron chi connectivity index (χ0n) is 10.5. The first-order valence-corrected chi connectivity index (χ1v) is 7.82. The predicted octanol–water partition coefficient (Wildman–Crippen LogP) is 1.24. The molecule has 0 radical (unpaired) electrons. The minimum Gasteiger partial charge on any atom is -0.469 e. The number of sulfone groups is 1. The Morgan fingerprint density at radius 2 is 2.28 bits per heavy atom. The molecule has 0 bridgehead atoms. The maximum atomic E-state index is 12.3. The number of aryl methyl sites for hydroxylation is 1. The Bertz CT molecular complexity index is 546. The number of rotatable bonds is 3. The topological polar surface area (TPSA) is 67.6 Å². The van der Waals surface area contributed by atoms with Gasteiger partial charge in [0.25, 0.3) is 5.91 Å². The molecule has 0 spiro atoms. The zero-order chi connectivity index (χ0) is 13.3. The number of hydrogen-bond donors (Lipinski definition) is 0. The van der Waals surface area contributed by atoms with Gasteiger partial charge in [-0.25, -0.2) is 8.42 Å². The van der Waals surface area contributed by atoms with Gasteiger partial charge in [0.2, 0.25) is 0 Å². The van der Waals surface area contributed by atoms with E-state index < -0.39 is 9.84 Å². The average Bonchev–Trinajstić information content (AvgIpc) is 2.86. The van der Waals surface area contributed by atoms with E-state index in [9.17, 15) is 13.2 Å². The van der Waals surface area contributed by atoms with Crippen LogP contribution in [-0.4, -0.2) is 43.3 Å². The largest absolute Gasteiger partial charge is 0.469 e. The Labute approximate surface area is 107 Å². The van der Waals surface area contributed by atoms with Gasteiger partial charge < -0.3 is 9.32 Å². The Hall–Kier alpha value is -1.30. The van der Waals surface area contributed by atoms with Crippen molar-refractivity contribution < 1.29 is 17.6 Å². The lowest BCUT2D eigenvalue weighted by atomic mass is 10.1. The molecule has 100 valence electrons. The van der Waals surface area contributed by atoms with Crippen molar-refractivity contribution >= 4 is 15.7 Å². The summed E-state index contributed by atoms with van der Waals surface area (Å²) in [5, 5.41) is 0. The van der Waals surface area contributed by atoms with Crippen LogP contribution in [0.15, 0.2) is 16.7 Å². The fraction of sp³-hybridized carbons (Fsp3) is 0.583. The van der Waals surface area contributed by atoms with Gasteiger partial charge in [0.05, 0.1) is 23.3 Å². The smallest absolute Gasteiger partial charge is 0.257 e. The van der Waals surface area contributed by atoms with Gasteiger partial charge in [-0.15, -0.1) is 0 Å². The molecule has 2 heterocycles. The summed E-state index contributed by atoms with van der Waals surface area (Å²) in [6.45, 7) is 4.09. The summed E-state index contributed by atoms with van der Waals surface area (Å²) < 4.78 is 28.1. The van der Waals surface area contributed by atoms with E-state index in [1.165, 1.54) is 6.26 Å². The fourth-order valence-electron chi connectivity index (χ4n) is 2.35. The van der Waals surface area contributed by atoms with E-state index in [0.717, 1.165) is 0 Å². The van der Waals surface area contributed by atoms with Crippen LogP contribution in [-0.2, 0) is 9.84 Å². The minimum atomic E-state index is -2.98. The lowest BCUT2D eigenvalue weighted by Gasteiger charge is -2.26. The van der Waals surface area contributed by atoms with Gasteiger partial charge >= 0.3 is 0 Å². The van der Waals surface area contributed by atoms with Crippen molar-refractivity contribution in [1.82, 2.24) is 4.90 Å². The molecule has 0 N–H and O–H groups in total. The molecule has 5 nitrogen and oxygen atoms in total. The maximum Gasteiger partial charge on any atom is 0.257 e. The second kappa shape index (κ2) is 4.76. The molecule has 1 aliphatic heterocycles. The van der Waals surface area contributed by atoms with Gasteiger partial charge in [0.15, 0.2) is 9.84 Å². The molecule has 2 rings (SSSR count). The number of hydrogen-bond acceptors (Lipinski definition) is 4. The van der Waals surface area contributed by atoms with Gasteiger partial charge in [0, 0.05) is 12.6 Å². The van der Waals surface area contributed by atoms with Gasteiger partial charge in [0.1, 0.15) is 5.76 Å². The quantitative estimate of drug-likeness (QED) is 0.829. The number of furan rings is 1. The van der Waals surface area contributed by atoms with E-state index in [1.807, 2.05) is 6.92 Å². The van der Waals surface area contributed by atoms with Crippen LogP contribution in [0.3, 0.4) is 0 Å². The molecule has 1 aliphatic rings. The van der Waals surface area contributed by atoms with E-state index in [-0.39, 0.29) is 23.5 Å². The van der Waals surface area contributed by atoms with E-state index in [4.69, 9.17) is 4.42 Å². The molecule has 1 atom stereocenters. The number of carbonyl (C=O) groups excluding carboxylic acids is 1. The molecular weight excluding hydrogens is 254 g/mol. The molecule has 18 heavy (non-hydrogen) atoms. The molecule has 0 saturated carbocycles. The first-order valence-electron chi connectivity index (χ1n) is 6.00. The first-order chi connectivity index (χ1) is 8.44. The maximum absolute atomic E-state index is 12.3. The van der Waals surface area contributed by atoms with Gasteiger partial charge in [-0.2, -0.15) is 0 Å². The molecule has 1 amide bonds. The normalized spacial score (nSPS) is 22.0. The average molecular weight is 271 g/mol. The van der Waals surface area contributed by atoms with Crippen molar-refractivity contribution in [1.29, 1.82) is 0 Å². The Balaban J connectivity index is 2.20. The summed E-state index contributed by atoms with van der Waals surface area (Å²) in [5.74, 6) is 0.667. The van der Waals surface area contributed by atoms with Gasteiger partial charge in [-0.05, 0) is 26.3 Å². The van der Waals surface area contributed by atoms with Crippen molar-refractivity contribution in [3.05, 3.63) is 23.7 Å². The SMILES string of the molecule is CCN(C(=O)c1ccoc1C)[C@@H]1CCS(=O)(=O)C1. The van der Waals surface area contributed by atoms with E-state index >= 15 is 0 Å². The third kappa shape index (κ3) is 2.43. The number of amides is 1. The molecule has 0 unspecified atom stereocenters. The Morgan fingerprint density at radius 1 is 1.56 bits per heavy atom. The van der Waals surface area contributed by atoms with Crippen LogP contribution in [0, 0.1) is 6.92 Å². The molecule has 1 aromatic rings. The highest BCUT2D eigenvalue weighted by Crippen LogP contribution is 2.21. The summed E-state index contributed by atoms with van der Waals surface area (Å²) in [4.78, 5) is 14.0. The monoisotopic (exact) mass is 271 g/mol. The minimum absolute atomic E-state index is 0.0729. The molecule has 1 fully saturated rings. The third-order valence-corrected chi connectivity index (χ3v) is 5.09. The molecule has 0 aliphatic carbocycles. The van der Waals surface area contributed by atoms with E-state index in [2.05, 4.69) is 0 Å². The lowest BCUT2D eigenvalue weighted by molar-refractivity contribution is 0.0706. The van der Waals surface area contributed by atoms with Crippen molar-refractivity contribution in [2.24, 2.45) is 0 Å². The van der Waals surface area contributed by atoms with Crippen LogP contribution in [0.2, 0.25) is 0 Å². The molecule has 6 heteroatoms. The summed E-state index contributed by atoms with van der Waals surface area (Å²) in [6, 6.07) is 1.42. The fourth-order valence-corrected chi connectivity index (χ4v) is 4.08. The highest BCUT2D eigenvalue weighted by atomic mass is 32.2. The van der Waals surface area contributed by atoms with Crippen LogP contribution in [0.5, 0.6) is 0 Å². The summed E-state index contributed by atoms with van der Waals surface area (Å²) in [7, 11) is -2.98. The van der Waals surface area contributed by atoms with Crippen molar-refractivity contribution in [2.45, 2.75) is 26.3 Å². The number of nitrogens with zero attached hydrogens (tertiary/aromatic N) is 1. The van der Waals surface area contributed by atoms with Crippen LogP contribution in [0.25, 0.3) is 0 Å². The second-order valence-electron chi connectivity index (χ2n) is 4.54. The first kappa shape index (κ1) is 13.1. The molecular formula is C12H17NO4S. The van der Waals surface area contributed by atoms with E-state index in [0.29, 0.717) is 24.3 Å². The van der Waals surface area contributed by atoms with E-state index in [1.54, 1.807) is 17.9 Å². The highest BCUT2D eigenvalue weighted by Gasteiger charge is 2.34. The van der Waals surface area contributed by atoms with Crippen LogP contribution in [0.1, 0.15) is 29.5 Å². The van der Waals surface area contributed by atoms with Crippen molar-refractivity contribution in [3.8, 4) is 0 Å². The highest BCUT2D eigenvalue weighted by molar-refractivity contribution is 7.91. The third-order valence-electron chi connectivity index (χ3n) is 3.34. The molecule has 0 aromatic carbocycles. The standard InChI is InChI=1S/C12H17NO4S/c1-3-13(10-5-7-18(15,16)8-10)12(14)11-4-6-17-9(11)2/h4,6,10H,3,5,7-8H2,1-2H3/t10-/m1/s1.